The number of carbonyl (C=O) groups is 2. The van der Waals surface area contributed by atoms with Gasteiger partial charge in [0.05, 0.1) is 18.3 Å². The number of furan rings is 1. The van der Waals surface area contributed by atoms with Crippen LogP contribution in [0.25, 0.3) is 6.08 Å². The van der Waals surface area contributed by atoms with Crippen molar-refractivity contribution in [3.05, 3.63) is 58.9 Å². The minimum absolute atomic E-state index is 0.250. The fraction of sp³-hybridized carbons (Fsp3) is 0.0625. The lowest BCUT2D eigenvalue weighted by molar-refractivity contribution is -0.123. The Morgan fingerprint density at radius 2 is 2.08 bits per heavy atom. The molecule has 0 aliphatic carbocycles. The molecule has 0 saturated carbocycles. The highest BCUT2D eigenvalue weighted by Crippen LogP contribution is 2.31. The zero-order chi connectivity index (χ0) is 17.1. The lowest BCUT2D eigenvalue weighted by Gasteiger charge is -2.15. The van der Waals surface area contributed by atoms with E-state index in [1.165, 1.54) is 6.26 Å². The number of carbonyl (C=O) groups excluding carboxylic acids is 2. The van der Waals surface area contributed by atoms with Crippen molar-refractivity contribution in [2.75, 3.05) is 7.11 Å². The SMILES string of the molecule is COc1ccc(C(=O)NN2C(=O)C(=Cc3ccco3)SC2=S)cc1. The summed E-state index contributed by atoms with van der Waals surface area (Å²) in [6.45, 7) is 0. The molecule has 2 heterocycles. The van der Waals surface area contributed by atoms with E-state index in [0.29, 0.717) is 22.0 Å². The molecule has 1 aliphatic heterocycles. The van der Waals surface area contributed by atoms with Gasteiger partial charge in [0.25, 0.3) is 11.8 Å². The Labute approximate surface area is 147 Å². The number of thioether (sulfide) groups is 1. The molecule has 122 valence electrons. The maximum Gasteiger partial charge on any atom is 0.285 e. The molecule has 1 saturated heterocycles. The number of hydrogen-bond donors (Lipinski definition) is 1. The van der Waals surface area contributed by atoms with Gasteiger partial charge in [-0.1, -0.05) is 11.8 Å². The van der Waals surface area contributed by atoms with Crippen molar-refractivity contribution in [1.82, 2.24) is 10.4 Å². The third-order valence-electron chi connectivity index (χ3n) is 3.18. The van der Waals surface area contributed by atoms with E-state index in [-0.39, 0.29) is 4.32 Å². The predicted octanol–water partition coefficient (Wildman–Crippen LogP) is 2.83. The highest BCUT2D eigenvalue weighted by atomic mass is 32.2. The Hall–Kier alpha value is -2.58. The van der Waals surface area contributed by atoms with Gasteiger partial charge < -0.3 is 9.15 Å². The quantitative estimate of drug-likeness (QED) is 0.668. The molecular weight excluding hydrogens is 348 g/mol. The van der Waals surface area contributed by atoms with Crippen molar-refractivity contribution >= 4 is 46.2 Å². The van der Waals surface area contributed by atoms with Gasteiger partial charge in [-0.15, -0.1) is 0 Å². The molecule has 1 fully saturated rings. The number of nitrogens with one attached hydrogen (secondary N) is 1. The molecule has 0 spiro atoms. The van der Waals surface area contributed by atoms with E-state index in [4.69, 9.17) is 21.4 Å². The smallest absolute Gasteiger partial charge is 0.285 e. The van der Waals surface area contributed by atoms with Crippen molar-refractivity contribution in [3.8, 4) is 5.75 Å². The van der Waals surface area contributed by atoms with Gasteiger partial charge in [-0.2, -0.15) is 5.01 Å². The maximum atomic E-state index is 12.4. The van der Waals surface area contributed by atoms with Crippen LogP contribution >= 0.6 is 24.0 Å². The van der Waals surface area contributed by atoms with Crippen molar-refractivity contribution in [1.29, 1.82) is 0 Å². The van der Waals surface area contributed by atoms with Crippen LogP contribution < -0.4 is 10.2 Å². The maximum absolute atomic E-state index is 12.4. The van der Waals surface area contributed by atoms with E-state index in [1.807, 2.05) is 0 Å². The van der Waals surface area contributed by atoms with Crippen LogP contribution in [0.5, 0.6) is 5.75 Å². The number of methoxy groups -OCH3 is 1. The summed E-state index contributed by atoms with van der Waals surface area (Å²) in [5.41, 5.74) is 2.90. The molecule has 0 radical (unpaired) electrons. The fourth-order valence-corrected chi connectivity index (χ4v) is 3.13. The Morgan fingerprint density at radius 3 is 2.71 bits per heavy atom. The van der Waals surface area contributed by atoms with Gasteiger partial charge >= 0.3 is 0 Å². The summed E-state index contributed by atoms with van der Waals surface area (Å²) in [7, 11) is 1.54. The van der Waals surface area contributed by atoms with Crippen molar-refractivity contribution in [2.24, 2.45) is 0 Å². The number of amides is 2. The number of rotatable bonds is 4. The lowest BCUT2D eigenvalue weighted by atomic mass is 10.2. The van der Waals surface area contributed by atoms with Crippen LogP contribution in [0, 0.1) is 0 Å². The summed E-state index contributed by atoms with van der Waals surface area (Å²) in [5.74, 6) is 0.340. The summed E-state index contributed by atoms with van der Waals surface area (Å²) in [4.78, 5) is 25.0. The molecule has 8 heteroatoms. The molecule has 1 aliphatic rings. The number of hydrogen-bond acceptors (Lipinski definition) is 6. The topological polar surface area (TPSA) is 71.8 Å². The lowest BCUT2D eigenvalue weighted by Crippen LogP contribution is -2.44. The fourth-order valence-electron chi connectivity index (χ4n) is 1.98. The van der Waals surface area contributed by atoms with Gasteiger partial charge in [-0.05, 0) is 48.6 Å². The van der Waals surface area contributed by atoms with Crippen LogP contribution in [0.2, 0.25) is 0 Å². The van der Waals surface area contributed by atoms with Gasteiger partial charge in [-0.25, -0.2) is 0 Å². The van der Waals surface area contributed by atoms with Crippen LogP contribution in [-0.2, 0) is 4.79 Å². The standard InChI is InChI=1S/C16H12N2O4S2/c1-21-11-6-4-10(5-7-11)14(19)17-18-15(20)13(24-16(18)23)9-12-3-2-8-22-12/h2-9H,1H3,(H,17,19). The Balaban J connectivity index is 1.73. The molecule has 6 nitrogen and oxygen atoms in total. The Kier molecular flexibility index (Phi) is 4.68. The minimum Gasteiger partial charge on any atom is -0.497 e. The second-order valence-electron chi connectivity index (χ2n) is 4.70. The van der Waals surface area contributed by atoms with Gasteiger partial charge in [0.2, 0.25) is 0 Å². The van der Waals surface area contributed by atoms with E-state index in [9.17, 15) is 9.59 Å². The van der Waals surface area contributed by atoms with Crippen molar-refractivity contribution in [2.45, 2.75) is 0 Å². The zero-order valence-corrected chi connectivity index (χ0v) is 14.1. The van der Waals surface area contributed by atoms with Gasteiger partial charge in [0, 0.05) is 11.6 Å². The Morgan fingerprint density at radius 1 is 1.33 bits per heavy atom. The highest BCUT2D eigenvalue weighted by Gasteiger charge is 2.34. The average Bonchev–Trinajstić information content (AvgIpc) is 3.19. The van der Waals surface area contributed by atoms with Gasteiger partial charge in [0.15, 0.2) is 4.32 Å². The van der Waals surface area contributed by atoms with E-state index in [0.717, 1.165) is 16.8 Å². The number of benzene rings is 1. The molecule has 2 amide bonds. The molecule has 1 aromatic heterocycles. The molecule has 1 N–H and O–H groups in total. The van der Waals surface area contributed by atoms with E-state index in [2.05, 4.69) is 5.43 Å². The van der Waals surface area contributed by atoms with E-state index >= 15 is 0 Å². The molecule has 0 unspecified atom stereocenters. The molecule has 24 heavy (non-hydrogen) atoms. The zero-order valence-electron chi connectivity index (χ0n) is 12.5. The summed E-state index contributed by atoms with van der Waals surface area (Å²) in [6, 6.07) is 9.97. The highest BCUT2D eigenvalue weighted by molar-refractivity contribution is 8.26. The van der Waals surface area contributed by atoms with Crippen LogP contribution in [0.1, 0.15) is 16.1 Å². The molecule has 1 aromatic carbocycles. The second kappa shape index (κ2) is 6.90. The summed E-state index contributed by atoms with van der Waals surface area (Å²) in [5, 5.41) is 1.06. The van der Waals surface area contributed by atoms with Crippen LogP contribution in [0.15, 0.2) is 52.0 Å². The third-order valence-corrected chi connectivity index (χ3v) is 4.48. The summed E-state index contributed by atoms with van der Waals surface area (Å²) in [6.07, 6.45) is 3.09. The second-order valence-corrected chi connectivity index (χ2v) is 6.38. The largest absolute Gasteiger partial charge is 0.497 e. The molecular formula is C16H12N2O4S2. The molecule has 0 atom stereocenters. The molecule has 0 bridgehead atoms. The van der Waals surface area contributed by atoms with Crippen LogP contribution in [-0.4, -0.2) is 28.3 Å². The van der Waals surface area contributed by atoms with Gasteiger partial charge in [0.1, 0.15) is 11.5 Å². The van der Waals surface area contributed by atoms with Crippen molar-refractivity contribution < 1.29 is 18.7 Å². The first-order chi connectivity index (χ1) is 11.6. The van der Waals surface area contributed by atoms with Crippen molar-refractivity contribution in [3.63, 3.8) is 0 Å². The third kappa shape index (κ3) is 3.34. The number of ether oxygens (including phenoxy) is 1. The minimum atomic E-state index is -0.437. The number of hydrazine groups is 1. The molecule has 3 rings (SSSR count). The normalized spacial score (nSPS) is 15.9. The first-order valence-corrected chi connectivity index (χ1v) is 8.07. The first-order valence-electron chi connectivity index (χ1n) is 6.85. The van der Waals surface area contributed by atoms with Gasteiger partial charge in [-0.3, -0.25) is 15.0 Å². The monoisotopic (exact) mass is 360 g/mol. The van der Waals surface area contributed by atoms with E-state index < -0.39 is 11.8 Å². The predicted molar refractivity (Wildman–Crippen MR) is 94.2 cm³/mol. The summed E-state index contributed by atoms with van der Waals surface area (Å²) < 4.78 is 10.5. The van der Waals surface area contributed by atoms with Crippen LogP contribution in [0.4, 0.5) is 0 Å². The van der Waals surface area contributed by atoms with Crippen LogP contribution in [0.3, 0.4) is 0 Å². The summed E-state index contributed by atoms with van der Waals surface area (Å²) >= 11 is 6.26. The average molecular weight is 360 g/mol. The number of nitrogens with zero attached hydrogens (tertiary/aromatic N) is 1. The molecule has 2 aromatic rings. The van der Waals surface area contributed by atoms with E-state index in [1.54, 1.807) is 49.6 Å². The first kappa shape index (κ1) is 16.3. The Bertz CT molecular complexity index is 813. The number of thiocarbonyl (C=S) groups is 1.